The zero-order valence-corrected chi connectivity index (χ0v) is 12.7. The number of rotatable bonds is 7. The van der Waals surface area contributed by atoms with Crippen LogP contribution in [-0.2, 0) is 16.0 Å². The smallest absolute Gasteiger partial charge is 0.323 e. The fourth-order valence-electron chi connectivity index (χ4n) is 1.84. The third-order valence-corrected chi connectivity index (χ3v) is 3.64. The first-order valence-corrected chi connectivity index (χ1v) is 7.13. The fraction of sp³-hybridized carbons (Fsp3) is 0.429. The van der Waals surface area contributed by atoms with Crippen LogP contribution in [0.1, 0.15) is 25.3 Å². The lowest BCUT2D eigenvalue weighted by molar-refractivity contribution is -0.144. The van der Waals surface area contributed by atoms with E-state index in [0.717, 1.165) is 5.56 Å². The molecular weight excluding hydrogens is 301 g/mol. The van der Waals surface area contributed by atoms with E-state index in [1.54, 1.807) is 19.1 Å². The molecule has 0 atom stereocenters. The van der Waals surface area contributed by atoms with E-state index in [1.807, 2.05) is 6.07 Å². The Bertz CT molecular complexity index is 491. The van der Waals surface area contributed by atoms with Gasteiger partial charge in [-0.2, -0.15) is 0 Å². The van der Waals surface area contributed by atoms with Crippen LogP contribution in [0.25, 0.3) is 0 Å². The number of likely N-dealkylation sites (N-methyl/N-ethyl adjacent to an activating group) is 1. The minimum Gasteiger partial charge on any atom is -0.480 e. The molecule has 1 rings (SSSR count). The summed E-state index contributed by atoms with van der Waals surface area (Å²) in [4.78, 5) is 23.8. The molecule has 0 spiro atoms. The third-order valence-electron chi connectivity index (χ3n) is 2.90. The van der Waals surface area contributed by atoms with Crippen LogP contribution in [0.3, 0.4) is 0 Å². The SMILES string of the molecule is CCN(CC(=O)O)C(=O)CCCc1ccc(Cl)c(Cl)c1. The van der Waals surface area contributed by atoms with Crippen LogP contribution in [0.2, 0.25) is 10.0 Å². The Kier molecular flexibility index (Phi) is 6.82. The lowest BCUT2D eigenvalue weighted by Gasteiger charge is -2.18. The van der Waals surface area contributed by atoms with Crippen LogP contribution in [0.15, 0.2) is 18.2 Å². The largest absolute Gasteiger partial charge is 0.480 e. The van der Waals surface area contributed by atoms with Gasteiger partial charge >= 0.3 is 5.97 Å². The van der Waals surface area contributed by atoms with Gasteiger partial charge in [-0.15, -0.1) is 0 Å². The van der Waals surface area contributed by atoms with Crippen LogP contribution in [-0.4, -0.2) is 35.0 Å². The molecule has 1 aromatic carbocycles. The fourth-order valence-corrected chi connectivity index (χ4v) is 2.16. The minimum atomic E-state index is -0.996. The number of aryl methyl sites for hydroxylation is 1. The number of carbonyl (C=O) groups excluding carboxylic acids is 1. The van der Waals surface area contributed by atoms with Crippen molar-refractivity contribution in [3.05, 3.63) is 33.8 Å². The van der Waals surface area contributed by atoms with Gasteiger partial charge in [-0.25, -0.2) is 0 Å². The van der Waals surface area contributed by atoms with Gasteiger partial charge in [0.15, 0.2) is 0 Å². The highest BCUT2D eigenvalue weighted by Crippen LogP contribution is 2.23. The maximum Gasteiger partial charge on any atom is 0.323 e. The average molecular weight is 318 g/mol. The monoisotopic (exact) mass is 317 g/mol. The van der Waals surface area contributed by atoms with Gasteiger partial charge in [0.1, 0.15) is 6.54 Å². The first-order chi connectivity index (χ1) is 9.43. The lowest BCUT2D eigenvalue weighted by atomic mass is 10.1. The molecule has 6 heteroatoms. The summed E-state index contributed by atoms with van der Waals surface area (Å²) in [5.41, 5.74) is 1.01. The molecule has 110 valence electrons. The number of hydrogen-bond acceptors (Lipinski definition) is 2. The Morgan fingerprint density at radius 3 is 2.50 bits per heavy atom. The van der Waals surface area contributed by atoms with E-state index in [2.05, 4.69) is 0 Å². The molecule has 0 aliphatic heterocycles. The molecule has 0 saturated heterocycles. The highest BCUT2D eigenvalue weighted by Gasteiger charge is 2.14. The molecule has 1 aromatic rings. The quantitative estimate of drug-likeness (QED) is 0.839. The molecule has 0 bridgehead atoms. The number of hydrogen-bond donors (Lipinski definition) is 1. The van der Waals surface area contributed by atoms with Crippen molar-refractivity contribution in [2.24, 2.45) is 0 Å². The molecule has 0 radical (unpaired) electrons. The van der Waals surface area contributed by atoms with Gasteiger partial charge in [0.2, 0.25) is 5.91 Å². The van der Waals surface area contributed by atoms with E-state index in [1.165, 1.54) is 4.90 Å². The maximum absolute atomic E-state index is 11.8. The molecule has 1 amide bonds. The second-order valence-electron chi connectivity index (χ2n) is 4.40. The molecule has 0 aromatic heterocycles. The van der Waals surface area contributed by atoms with Gasteiger partial charge in [0, 0.05) is 13.0 Å². The van der Waals surface area contributed by atoms with E-state index in [-0.39, 0.29) is 12.5 Å². The normalized spacial score (nSPS) is 10.3. The highest BCUT2D eigenvalue weighted by molar-refractivity contribution is 6.42. The summed E-state index contributed by atoms with van der Waals surface area (Å²) in [7, 11) is 0. The van der Waals surface area contributed by atoms with Gasteiger partial charge in [-0.1, -0.05) is 29.3 Å². The van der Waals surface area contributed by atoms with Crippen LogP contribution in [0, 0.1) is 0 Å². The first kappa shape index (κ1) is 16.8. The molecule has 0 fully saturated rings. The summed E-state index contributed by atoms with van der Waals surface area (Å²) in [6.45, 7) is 1.92. The number of carboxylic acids is 1. The van der Waals surface area contributed by atoms with Crippen LogP contribution in [0.4, 0.5) is 0 Å². The van der Waals surface area contributed by atoms with Crippen LogP contribution in [0.5, 0.6) is 0 Å². The molecule has 0 aliphatic rings. The number of carbonyl (C=O) groups is 2. The standard InChI is InChI=1S/C14H17Cl2NO3/c1-2-17(9-14(19)20)13(18)5-3-4-10-6-7-11(15)12(16)8-10/h6-8H,2-5,9H2,1H3,(H,19,20). The molecule has 1 N–H and O–H groups in total. The molecule has 0 heterocycles. The molecule has 0 unspecified atom stereocenters. The molecule has 0 aliphatic carbocycles. The number of halogens is 2. The Morgan fingerprint density at radius 2 is 1.95 bits per heavy atom. The van der Waals surface area contributed by atoms with E-state index in [9.17, 15) is 9.59 Å². The summed E-state index contributed by atoms with van der Waals surface area (Å²) in [5, 5.41) is 9.70. The molecule has 0 saturated carbocycles. The van der Waals surface area contributed by atoms with Crippen molar-refractivity contribution >= 4 is 35.1 Å². The maximum atomic E-state index is 11.8. The second-order valence-corrected chi connectivity index (χ2v) is 5.22. The summed E-state index contributed by atoms with van der Waals surface area (Å²) in [5.74, 6) is -1.14. The van der Waals surface area contributed by atoms with Crippen molar-refractivity contribution in [3.8, 4) is 0 Å². The Hall–Kier alpha value is -1.26. The van der Waals surface area contributed by atoms with Gasteiger partial charge in [-0.05, 0) is 37.5 Å². The van der Waals surface area contributed by atoms with E-state index in [4.69, 9.17) is 28.3 Å². The topological polar surface area (TPSA) is 57.6 Å². The van der Waals surface area contributed by atoms with Gasteiger partial charge in [-0.3, -0.25) is 9.59 Å². The summed E-state index contributed by atoms with van der Waals surface area (Å²) in [6.07, 6.45) is 1.67. The molecule has 20 heavy (non-hydrogen) atoms. The molecule has 4 nitrogen and oxygen atoms in total. The van der Waals surface area contributed by atoms with Crippen LogP contribution >= 0.6 is 23.2 Å². The van der Waals surface area contributed by atoms with Crippen molar-refractivity contribution < 1.29 is 14.7 Å². The number of amides is 1. The van der Waals surface area contributed by atoms with Crippen molar-refractivity contribution in [3.63, 3.8) is 0 Å². The number of carboxylic acid groups (broad SMARTS) is 1. The Labute approximate surface area is 128 Å². The zero-order chi connectivity index (χ0) is 15.1. The Morgan fingerprint density at radius 1 is 1.25 bits per heavy atom. The van der Waals surface area contributed by atoms with Crippen molar-refractivity contribution in [2.45, 2.75) is 26.2 Å². The predicted molar refractivity (Wildman–Crippen MR) is 79.3 cm³/mol. The van der Waals surface area contributed by atoms with Gasteiger partial charge in [0.05, 0.1) is 10.0 Å². The zero-order valence-electron chi connectivity index (χ0n) is 11.2. The van der Waals surface area contributed by atoms with E-state index < -0.39 is 5.97 Å². The Balaban J connectivity index is 2.44. The summed E-state index contributed by atoms with van der Waals surface area (Å²) >= 11 is 11.7. The number of benzene rings is 1. The first-order valence-electron chi connectivity index (χ1n) is 6.37. The second kappa shape index (κ2) is 8.12. The average Bonchev–Trinajstić information content (AvgIpc) is 2.39. The predicted octanol–water partition coefficient (Wildman–Crippen LogP) is 3.25. The lowest BCUT2D eigenvalue weighted by Crippen LogP contribution is -2.35. The summed E-state index contributed by atoms with van der Waals surface area (Å²) in [6, 6.07) is 5.38. The molecular formula is C14H17Cl2NO3. The summed E-state index contributed by atoms with van der Waals surface area (Å²) < 4.78 is 0. The van der Waals surface area contributed by atoms with Crippen LogP contribution < -0.4 is 0 Å². The van der Waals surface area contributed by atoms with E-state index in [0.29, 0.717) is 35.9 Å². The number of nitrogens with zero attached hydrogens (tertiary/aromatic N) is 1. The third kappa shape index (κ3) is 5.39. The van der Waals surface area contributed by atoms with Crippen molar-refractivity contribution in [2.75, 3.05) is 13.1 Å². The highest BCUT2D eigenvalue weighted by atomic mass is 35.5. The van der Waals surface area contributed by atoms with Crippen molar-refractivity contribution in [1.82, 2.24) is 4.90 Å². The number of aliphatic carboxylic acids is 1. The van der Waals surface area contributed by atoms with Crippen molar-refractivity contribution in [1.29, 1.82) is 0 Å². The minimum absolute atomic E-state index is 0.144. The van der Waals surface area contributed by atoms with Gasteiger partial charge < -0.3 is 10.0 Å². The van der Waals surface area contributed by atoms with Gasteiger partial charge in [0.25, 0.3) is 0 Å². The van der Waals surface area contributed by atoms with E-state index >= 15 is 0 Å².